The number of morpholine rings is 1. The summed E-state index contributed by atoms with van der Waals surface area (Å²) in [6.07, 6.45) is -0.200. The maximum atomic E-state index is 9.25. The van der Waals surface area contributed by atoms with Crippen molar-refractivity contribution in [3.63, 3.8) is 0 Å². The number of thiocarbonyl (C=S) groups is 1. The van der Waals surface area contributed by atoms with E-state index in [0.29, 0.717) is 23.7 Å². The summed E-state index contributed by atoms with van der Waals surface area (Å²) in [5, 5.41) is 9.79. The normalized spacial score (nSPS) is 23.4. The smallest absolute Gasteiger partial charge is 0.107 e. The lowest BCUT2D eigenvalue weighted by Gasteiger charge is -2.40. The molecule has 104 valence electrons. The molecular weight excluding hydrogens is 284 g/mol. The monoisotopic (exact) mass is 300 g/mol. The van der Waals surface area contributed by atoms with Crippen molar-refractivity contribution in [3.8, 4) is 0 Å². The molecule has 0 amide bonds. The predicted octanol–water partition coefficient (Wildman–Crippen LogP) is 1.56. The Kier molecular flexibility index (Phi) is 4.62. The van der Waals surface area contributed by atoms with Crippen molar-refractivity contribution in [2.45, 2.75) is 19.1 Å². The Hall–Kier alpha value is -0.880. The molecule has 0 spiro atoms. The van der Waals surface area contributed by atoms with Gasteiger partial charge in [0.15, 0.2) is 0 Å². The van der Waals surface area contributed by atoms with Crippen LogP contribution in [0.4, 0.5) is 5.69 Å². The number of hydrogen-bond acceptors (Lipinski definition) is 4. The molecule has 1 aliphatic heterocycles. The van der Waals surface area contributed by atoms with Crippen LogP contribution in [0.25, 0.3) is 0 Å². The number of halogens is 1. The lowest BCUT2D eigenvalue weighted by atomic mass is 10.1. The summed E-state index contributed by atoms with van der Waals surface area (Å²) in [4.78, 5) is 2.41. The molecule has 1 aromatic carbocycles. The van der Waals surface area contributed by atoms with Gasteiger partial charge in [-0.2, -0.15) is 0 Å². The second-order valence-corrected chi connectivity index (χ2v) is 5.48. The molecule has 3 N–H and O–H groups in total. The highest BCUT2D eigenvalue weighted by molar-refractivity contribution is 7.80. The van der Waals surface area contributed by atoms with Crippen LogP contribution in [-0.4, -0.2) is 42.0 Å². The zero-order valence-electron chi connectivity index (χ0n) is 10.7. The van der Waals surface area contributed by atoms with Gasteiger partial charge in [-0.1, -0.05) is 29.9 Å². The molecule has 1 saturated heterocycles. The molecular formula is C13H17ClN2O2S. The third-order valence-corrected chi connectivity index (χ3v) is 3.78. The van der Waals surface area contributed by atoms with E-state index in [4.69, 9.17) is 34.3 Å². The topological polar surface area (TPSA) is 58.7 Å². The van der Waals surface area contributed by atoms with Gasteiger partial charge in [0, 0.05) is 18.3 Å². The Balaban J connectivity index is 2.39. The van der Waals surface area contributed by atoms with E-state index in [0.717, 1.165) is 5.69 Å². The molecule has 0 aromatic heterocycles. The van der Waals surface area contributed by atoms with Crippen LogP contribution in [0.15, 0.2) is 18.2 Å². The first-order chi connectivity index (χ1) is 9.04. The first-order valence-corrected chi connectivity index (χ1v) is 6.90. The van der Waals surface area contributed by atoms with Crippen LogP contribution >= 0.6 is 23.8 Å². The molecule has 2 unspecified atom stereocenters. The number of nitrogens with zero attached hydrogens (tertiary/aromatic N) is 1. The van der Waals surface area contributed by atoms with E-state index in [1.807, 2.05) is 12.1 Å². The van der Waals surface area contributed by atoms with Crippen LogP contribution in [-0.2, 0) is 4.74 Å². The maximum absolute atomic E-state index is 9.25. The van der Waals surface area contributed by atoms with Crippen LogP contribution in [0.1, 0.15) is 12.5 Å². The quantitative estimate of drug-likeness (QED) is 0.830. The Morgan fingerprint density at radius 3 is 3.00 bits per heavy atom. The van der Waals surface area contributed by atoms with Crippen LogP contribution in [0, 0.1) is 0 Å². The molecule has 0 radical (unpaired) electrons. The van der Waals surface area contributed by atoms with Crippen molar-refractivity contribution >= 4 is 34.5 Å². The number of anilines is 1. The van der Waals surface area contributed by atoms with E-state index in [2.05, 4.69) is 11.8 Å². The van der Waals surface area contributed by atoms with E-state index < -0.39 is 0 Å². The summed E-state index contributed by atoms with van der Waals surface area (Å²) in [6.45, 7) is 3.19. The van der Waals surface area contributed by atoms with E-state index >= 15 is 0 Å². The van der Waals surface area contributed by atoms with Crippen LogP contribution < -0.4 is 10.6 Å². The third kappa shape index (κ3) is 3.00. The number of ether oxygens (including phenoxy) is 1. The van der Waals surface area contributed by atoms with Crippen LogP contribution in [0.3, 0.4) is 0 Å². The Morgan fingerprint density at radius 2 is 2.37 bits per heavy atom. The average molecular weight is 301 g/mol. The summed E-state index contributed by atoms with van der Waals surface area (Å²) in [5.74, 6) is 0. The van der Waals surface area contributed by atoms with Crippen molar-refractivity contribution in [2.75, 3.05) is 24.7 Å². The largest absolute Gasteiger partial charge is 0.394 e. The van der Waals surface area contributed by atoms with Crippen molar-refractivity contribution in [2.24, 2.45) is 5.73 Å². The number of benzene rings is 1. The third-order valence-electron chi connectivity index (χ3n) is 3.26. The fourth-order valence-corrected chi connectivity index (χ4v) is 2.80. The summed E-state index contributed by atoms with van der Waals surface area (Å²) in [5.41, 5.74) is 7.36. The Bertz CT molecular complexity index is 484. The van der Waals surface area contributed by atoms with Gasteiger partial charge in [0.2, 0.25) is 0 Å². The van der Waals surface area contributed by atoms with Gasteiger partial charge in [-0.15, -0.1) is 0 Å². The lowest BCUT2D eigenvalue weighted by Crippen LogP contribution is -2.50. The first kappa shape index (κ1) is 14.5. The molecule has 0 saturated carbocycles. The predicted molar refractivity (Wildman–Crippen MR) is 81.0 cm³/mol. The first-order valence-electron chi connectivity index (χ1n) is 6.12. The SMILES string of the molecule is CC1COC(CO)CN1c1cccc(Cl)c1C(N)=S. The van der Waals surface area contributed by atoms with Crippen molar-refractivity contribution in [3.05, 3.63) is 28.8 Å². The highest BCUT2D eigenvalue weighted by atomic mass is 35.5. The van der Waals surface area contributed by atoms with Crippen molar-refractivity contribution < 1.29 is 9.84 Å². The van der Waals surface area contributed by atoms with Gasteiger partial charge in [-0.05, 0) is 19.1 Å². The van der Waals surface area contributed by atoms with Crippen molar-refractivity contribution in [1.82, 2.24) is 0 Å². The molecule has 4 nitrogen and oxygen atoms in total. The zero-order valence-corrected chi connectivity index (χ0v) is 12.2. The molecule has 1 aromatic rings. The van der Waals surface area contributed by atoms with Gasteiger partial charge >= 0.3 is 0 Å². The molecule has 6 heteroatoms. The molecule has 0 bridgehead atoms. The number of rotatable bonds is 3. The fourth-order valence-electron chi connectivity index (χ4n) is 2.26. The van der Waals surface area contributed by atoms with Crippen molar-refractivity contribution in [1.29, 1.82) is 0 Å². The van der Waals surface area contributed by atoms with Gasteiger partial charge in [0.05, 0.1) is 29.9 Å². The average Bonchev–Trinajstić information content (AvgIpc) is 2.38. The number of hydrogen-bond donors (Lipinski definition) is 2. The maximum Gasteiger partial charge on any atom is 0.107 e. The Morgan fingerprint density at radius 1 is 1.63 bits per heavy atom. The highest BCUT2D eigenvalue weighted by Gasteiger charge is 2.28. The number of nitrogens with two attached hydrogens (primary N) is 1. The molecule has 1 heterocycles. The zero-order chi connectivity index (χ0) is 14.0. The number of aliphatic hydroxyl groups excluding tert-OH is 1. The molecule has 19 heavy (non-hydrogen) atoms. The number of aliphatic hydroxyl groups is 1. The van der Waals surface area contributed by atoms with Gasteiger partial charge in [0.25, 0.3) is 0 Å². The standard InChI is InChI=1S/C13H17ClN2O2S/c1-8-7-18-9(6-17)5-16(8)11-4-2-3-10(14)12(11)13(15)19/h2-4,8-9,17H,5-7H2,1H3,(H2,15,19). The van der Waals surface area contributed by atoms with E-state index in [1.165, 1.54) is 0 Å². The highest BCUT2D eigenvalue weighted by Crippen LogP contribution is 2.30. The van der Waals surface area contributed by atoms with E-state index in [-0.39, 0.29) is 23.7 Å². The lowest BCUT2D eigenvalue weighted by molar-refractivity contribution is -0.0103. The molecule has 1 aliphatic rings. The van der Waals surface area contributed by atoms with Gasteiger partial charge in [0.1, 0.15) is 4.99 Å². The molecule has 2 atom stereocenters. The summed E-state index contributed by atoms with van der Waals surface area (Å²) < 4.78 is 5.53. The second kappa shape index (κ2) is 6.05. The summed E-state index contributed by atoms with van der Waals surface area (Å²) in [7, 11) is 0. The minimum absolute atomic E-state index is 0.00775. The molecule has 1 fully saturated rings. The van der Waals surface area contributed by atoms with Gasteiger partial charge < -0.3 is 20.5 Å². The van der Waals surface area contributed by atoms with E-state index in [9.17, 15) is 5.11 Å². The van der Waals surface area contributed by atoms with Gasteiger partial charge in [-0.25, -0.2) is 0 Å². The molecule has 0 aliphatic carbocycles. The molecule has 2 rings (SSSR count). The van der Waals surface area contributed by atoms with E-state index in [1.54, 1.807) is 6.07 Å². The minimum Gasteiger partial charge on any atom is -0.394 e. The fraction of sp³-hybridized carbons (Fsp3) is 0.462. The van der Waals surface area contributed by atoms with Crippen LogP contribution in [0.2, 0.25) is 5.02 Å². The van der Waals surface area contributed by atoms with Crippen LogP contribution in [0.5, 0.6) is 0 Å². The Labute approximate surface area is 123 Å². The second-order valence-electron chi connectivity index (χ2n) is 4.64. The minimum atomic E-state index is -0.200. The summed E-state index contributed by atoms with van der Waals surface area (Å²) >= 11 is 11.3. The summed E-state index contributed by atoms with van der Waals surface area (Å²) in [6, 6.07) is 5.76. The van der Waals surface area contributed by atoms with Gasteiger partial charge in [-0.3, -0.25) is 0 Å².